The summed E-state index contributed by atoms with van der Waals surface area (Å²) in [6.07, 6.45) is 0. The van der Waals surface area contributed by atoms with Gasteiger partial charge in [-0.3, -0.25) is 9.59 Å². The minimum Gasteiger partial charge on any atom is -0.268 e. The second-order valence-corrected chi connectivity index (χ2v) is 6.71. The fourth-order valence-corrected chi connectivity index (χ4v) is 4.05. The van der Waals surface area contributed by atoms with Crippen molar-refractivity contribution in [1.82, 2.24) is 0 Å². The highest BCUT2D eigenvalue weighted by Gasteiger charge is 2.38. The summed E-state index contributed by atoms with van der Waals surface area (Å²) in [5.41, 5.74) is 1.96. The molecule has 21 heavy (non-hydrogen) atoms. The highest BCUT2D eigenvalue weighted by molar-refractivity contribution is 9.11. The fourth-order valence-electron chi connectivity index (χ4n) is 2.37. The molecule has 3 nitrogen and oxygen atoms in total. The second-order valence-electron chi connectivity index (χ2n) is 4.62. The summed E-state index contributed by atoms with van der Waals surface area (Å²) in [6.45, 7) is 1.77. The van der Waals surface area contributed by atoms with E-state index in [0.717, 1.165) is 0 Å². The normalized spacial score (nSPS) is 13.8. The number of rotatable bonds is 1. The van der Waals surface area contributed by atoms with E-state index in [-0.39, 0.29) is 11.8 Å². The molecule has 106 valence electrons. The van der Waals surface area contributed by atoms with Crippen molar-refractivity contribution < 1.29 is 9.59 Å². The fraction of sp³-hybridized carbons (Fsp3) is 0.0667. The lowest BCUT2D eigenvalue weighted by Crippen LogP contribution is -2.30. The summed E-state index contributed by atoms with van der Waals surface area (Å²) in [4.78, 5) is 26.2. The number of amides is 2. The van der Waals surface area contributed by atoms with Crippen LogP contribution >= 0.6 is 43.5 Å². The number of halogens is 3. The van der Waals surface area contributed by atoms with Gasteiger partial charge in [-0.25, -0.2) is 4.90 Å². The van der Waals surface area contributed by atoms with E-state index in [9.17, 15) is 9.59 Å². The molecule has 0 aromatic heterocycles. The van der Waals surface area contributed by atoms with Crippen LogP contribution in [0.1, 0.15) is 26.3 Å². The minimum absolute atomic E-state index is 0.335. The maximum Gasteiger partial charge on any atom is 0.266 e. The van der Waals surface area contributed by atoms with E-state index in [1.807, 2.05) is 0 Å². The third-order valence-corrected chi connectivity index (χ3v) is 5.34. The van der Waals surface area contributed by atoms with Crippen LogP contribution in [0, 0.1) is 6.92 Å². The molecule has 0 saturated heterocycles. The van der Waals surface area contributed by atoms with Crippen molar-refractivity contribution >= 4 is 61.0 Å². The Morgan fingerprint density at radius 3 is 2.05 bits per heavy atom. The predicted octanol–water partition coefficient (Wildman–Crippen LogP) is 4.97. The van der Waals surface area contributed by atoms with E-state index in [4.69, 9.17) is 11.6 Å². The number of hydrogen-bond donors (Lipinski definition) is 0. The van der Waals surface area contributed by atoms with Crippen molar-refractivity contribution in [3.8, 4) is 0 Å². The molecule has 0 spiro atoms. The van der Waals surface area contributed by atoms with Gasteiger partial charge >= 0.3 is 0 Å². The number of imide groups is 1. The van der Waals surface area contributed by atoms with Crippen molar-refractivity contribution in [2.24, 2.45) is 0 Å². The van der Waals surface area contributed by atoms with E-state index in [1.165, 1.54) is 4.90 Å². The quantitative estimate of drug-likeness (QED) is 0.474. The number of benzene rings is 2. The summed E-state index contributed by atoms with van der Waals surface area (Å²) in [7, 11) is 0. The molecule has 1 aliphatic rings. The monoisotopic (exact) mass is 427 g/mol. The molecule has 0 saturated carbocycles. The third kappa shape index (κ3) is 2.15. The Kier molecular flexibility index (Phi) is 3.67. The molecule has 0 unspecified atom stereocenters. The summed E-state index contributed by atoms with van der Waals surface area (Å²) in [6, 6.07) is 8.51. The lowest BCUT2D eigenvalue weighted by Gasteiger charge is -2.20. The zero-order chi connectivity index (χ0) is 15.3. The molecule has 2 aromatic rings. The number of hydrogen-bond acceptors (Lipinski definition) is 2. The SMILES string of the molecule is Cc1c(Cl)c(Br)cc(Br)c1N1C(=O)c2ccccc2C1=O. The lowest BCUT2D eigenvalue weighted by molar-refractivity contribution is 0.0925. The van der Waals surface area contributed by atoms with Crippen LogP contribution in [0.3, 0.4) is 0 Å². The van der Waals surface area contributed by atoms with Crippen LogP contribution in [0.2, 0.25) is 5.02 Å². The first-order valence-electron chi connectivity index (χ1n) is 6.05. The van der Waals surface area contributed by atoms with Crippen LogP contribution in [0.25, 0.3) is 0 Å². The molecular formula is C15H8Br2ClNO2. The highest BCUT2D eigenvalue weighted by atomic mass is 79.9. The van der Waals surface area contributed by atoms with E-state index in [1.54, 1.807) is 37.3 Å². The smallest absolute Gasteiger partial charge is 0.266 e. The van der Waals surface area contributed by atoms with E-state index in [2.05, 4.69) is 31.9 Å². The van der Waals surface area contributed by atoms with Crippen LogP contribution in [-0.2, 0) is 0 Å². The van der Waals surface area contributed by atoms with Gasteiger partial charge in [0.05, 0.1) is 21.8 Å². The number of carbonyl (C=O) groups is 2. The molecule has 0 fully saturated rings. The third-order valence-electron chi connectivity index (χ3n) is 3.39. The summed E-state index contributed by atoms with van der Waals surface area (Å²) < 4.78 is 1.33. The van der Waals surface area contributed by atoms with Crippen molar-refractivity contribution in [2.45, 2.75) is 6.92 Å². The molecule has 0 bridgehead atoms. The Morgan fingerprint density at radius 1 is 1.00 bits per heavy atom. The summed E-state index contributed by atoms with van der Waals surface area (Å²) in [5, 5.41) is 0.477. The maximum absolute atomic E-state index is 12.5. The summed E-state index contributed by atoms with van der Waals surface area (Å²) >= 11 is 13.0. The Labute approximate surface area is 143 Å². The molecule has 0 N–H and O–H groups in total. The Balaban J connectivity index is 2.23. The molecule has 2 amide bonds. The molecule has 0 radical (unpaired) electrons. The zero-order valence-electron chi connectivity index (χ0n) is 10.8. The molecule has 6 heteroatoms. The van der Waals surface area contributed by atoms with Crippen LogP contribution in [0.4, 0.5) is 5.69 Å². The van der Waals surface area contributed by atoms with Crippen molar-refractivity contribution in [3.05, 3.63) is 61.0 Å². The van der Waals surface area contributed by atoms with E-state index in [0.29, 0.717) is 36.3 Å². The van der Waals surface area contributed by atoms with Crippen LogP contribution in [0.5, 0.6) is 0 Å². The van der Waals surface area contributed by atoms with Crippen molar-refractivity contribution in [1.29, 1.82) is 0 Å². The van der Waals surface area contributed by atoms with Gasteiger partial charge in [0, 0.05) is 8.95 Å². The largest absolute Gasteiger partial charge is 0.268 e. The molecule has 1 heterocycles. The first kappa shape index (κ1) is 14.8. The molecule has 0 atom stereocenters. The van der Waals surface area contributed by atoms with E-state index < -0.39 is 0 Å². The average Bonchev–Trinajstić information content (AvgIpc) is 2.71. The predicted molar refractivity (Wildman–Crippen MR) is 89.2 cm³/mol. The minimum atomic E-state index is -0.335. The standard InChI is InChI=1S/C15H8Br2ClNO2/c1-7-12(18)10(16)6-11(17)13(7)19-14(20)8-4-2-3-5-9(8)15(19)21/h2-6H,1H3. The average molecular weight is 429 g/mol. The maximum atomic E-state index is 12.5. The number of carbonyl (C=O) groups excluding carboxylic acids is 2. The van der Waals surface area contributed by atoms with Gasteiger partial charge in [-0.15, -0.1) is 0 Å². The highest BCUT2D eigenvalue weighted by Crippen LogP contribution is 2.42. The molecule has 1 aliphatic heterocycles. The van der Waals surface area contributed by atoms with Gasteiger partial charge in [0.1, 0.15) is 0 Å². The van der Waals surface area contributed by atoms with Gasteiger partial charge in [-0.05, 0) is 62.5 Å². The van der Waals surface area contributed by atoms with Gasteiger partial charge in [0.15, 0.2) is 0 Å². The van der Waals surface area contributed by atoms with Crippen molar-refractivity contribution in [2.75, 3.05) is 4.90 Å². The Bertz CT molecular complexity index is 770. The Morgan fingerprint density at radius 2 is 1.52 bits per heavy atom. The molecule has 0 aliphatic carbocycles. The van der Waals surface area contributed by atoms with E-state index >= 15 is 0 Å². The van der Waals surface area contributed by atoms with Crippen LogP contribution in [-0.4, -0.2) is 11.8 Å². The van der Waals surface area contributed by atoms with Gasteiger partial charge < -0.3 is 0 Å². The first-order valence-corrected chi connectivity index (χ1v) is 8.01. The first-order chi connectivity index (χ1) is 9.93. The number of fused-ring (bicyclic) bond motifs is 1. The number of nitrogens with zero attached hydrogens (tertiary/aromatic N) is 1. The molecule has 3 rings (SSSR count). The zero-order valence-corrected chi connectivity index (χ0v) is 14.7. The van der Waals surface area contributed by atoms with Gasteiger partial charge in [0.2, 0.25) is 0 Å². The van der Waals surface area contributed by atoms with Crippen molar-refractivity contribution in [3.63, 3.8) is 0 Å². The topological polar surface area (TPSA) is 37.4 Å². The number of anilines is 1. The molecular weight excluding hydrogens is 421 g/mol. The van der Waals surface area contributed by atoms with Gasteiger partial charge in [-0.1, -0.05) is 23.7 Å². The second kappa shape index (κ2) is 5.23. The van der Waals surface area contributed by atoms with Gasteiger partial charge in [-0.2, -0.15) is 0 Å². The van der Waals surface area contributed by atoms with Crippen LogP contribution in [0.15, 0.2) is 39.3 Å². The summed E-state index contributed by atoms with van der Waals surface area (Å²) in [5.74, 6) is -0.671. The molecule has 2 aromatic carbocycles. The van der Waals surface area contributed by atoms with Gasteiger partial charge in [0.25, 0.3) is 11.8 Å². The Hall–Kier alpha value is -1.17. The lowest BCUT2D eigenvalue weighted by atomic mass is 10.1. The van der Waals surface area contributed by atoms with Crippen LogP contribution < -0.4 is 4.90 Å².